The standard InChI is InChI=1S/C12H11F2NO3S/c13-8-2-1-7(9(14)4-8)3-11(16)15-6-19-5-10(15)12(17)18/h1-2,4,10H,3,5-6H2,(H,17,18). The average molecular weight is 287 g/mol. The van der Waals surface area contributed by atoms with Crippen LogP contribution in [-0.2, 0) is 16.0 Å². The first-order valence-electron chi connectivity index (χ1n) is 5.53. The molecule has 0 bridgehead atoms. The normalized spacial score (nSPS) is 18.6. The van der Waals surface area contributed by atoms with Gasteiger partial charge < -0.3 is 10.0 Å². The van der Waals surface area contributed by atoms with Crippen LogP contribution in [0.5, 0.6) is 0 Å². The molecule has 19 heavy (non-hydrogen) atoms. The summed E-state index contributed by atoms with van der Waals surface area (Å²) in [6, 6.07) is 2.09. The van der Waals surface area contributed by atoms with E-state index < -0.39 is 29.6 Å². The number of hydrogen-bond acceptors (Lipinski definition) is 3. The molecule has 102 valence electrons. The molecule has 1 unspecified atom stereocenters. The molecule has 1 amide bonds. The highest BCUT2D eigenvalue weighted by Gasteiger charge is 2.34. The van der Waals surface area contributed by atoms with Gasteiger partial charge in [-0.2, -0.15) is 0 Å². The molecule has 0 aromatic heterocycles. The minimum Gasteiger partial charge on any atom is -0.480 e. The summed E-state index contributed by atoms with van der Waals surface area (Å²) < 4.78 is 26.2. The van der Waals surface area contributed by atoms with Crippen LogP contribution in [0, 0.1) is 11.6 Å². The molecule has 1 aromatic carbocycles. The predicted molar refractivity (Wildman–Crippen MR) is 65.7 cm³/mol. The third-order valence-corrected chi connectivity index (χ3v) is 3.86. The summed E-state index contributed by atoms with van der Waals surface area (Å²) in [6.07, 6.45) is -0.267. The number of rotatable bonds is 3. The lowest BCUT2D eigenvalue weighted by atomic mass is 10.1. The van der Waals surface area contributed by atoms with Crippen LogP contribution in [0.2, 0.25) is 0 Å². The lowest BCUT2D eigenvalue weighted by Crippen LogP contribution is -2.42. The zero-order chi connectivity index (χ0) is 14.0. The van der Waals surface area contributed by atoms with Crippen LogP contribution in [0.3, 0.4) is 0 Å². The first kappa shape index (κ1) is 13.8. The van der Waals surface area contributed by atoms with E-state index in [0.717, 1.165) is 6.07 Å². The summed E-state index contributed by atoms with van der Waals surface area (Å²) in [5, 5.41) is 8.96. The Kier molecular flexibility index (Phi) is 4.04. The Morgan fingerprint density at radius 1 is 1.42 bits per heavy atom. The number of halogens is 2. The van der Waals surface area contributed by atoms with Gasteiger partial charge in [0, 0.05) is 11.8 Å². The average Bonchev–Trinajstić information content (AvgIpc) is 2.82. The molecule has 1 aliphatic rings. The number of amides is 1. The molecular weight excluding hydrogens is 276 g/mol. The fraction of sp³-hybridized carbons (Fsp3) is 0.333. The van der Waals surface area contributed by atoms with Crippen molar-refractivity contribution in [3.8, 4) is 0 Å². The molecule has 1 atom stereocenters. The van der Waals surface area contributed by atoms with E-state index >= 15 is 0 Å². The van der Waals surface area contributed by atoms with Gasteiger partial charge in [-0.15, -0.1) is 11.8 Å². The molecule has 1 N–H and O–H groups in total. The molecule has 1 saturated heterocycles. The van der Waals surface area contributed by atoms with Gasteiger partial charge in [-0.25, -0.2) is 13.6 Å². The second kappa shape index (κ2) is 5.56. The fourth-order valence-electron chi connectivity index (χ4n) is 1.82. The highest BCUT2D eigenvalue weighted by atomic mass is 32.2. The molecular formula is C12H11F2NO3S. The lowest BCUT2D eigenvalue weighted by molar-refractivity contribution is -0.147. The smallest absolute Gasteiger partial charge is 0.327 e. The maximum atomic E-state index is 13.4. The molecule has 0 spiro atoms. The molecule has 7 heteroatoms. The molecule has 1 fully saturated rings. The van der Waals surface area contributed by atoms with Crippen LogP contribution in [0.15, 0.2) is 18.2 Å². The Labute approximate surface area is 112 Å². The molecule has 0 radical (unpaired) electrons. The van der Waals surface area contributed by atoms with Crippen LogP contribution < -0.4 is 0 Å². The Morgan fingerprint density at radius 3 is 2.79 bits per heavy atom. The van der Waals surface area contributed by atoms with E-state index in [2.05, 4.69) is 0 Å². The van der Waals surface area contributed by atoms with Gasteiger partial charge in [-0.05, 0) is 11.6 Å². The van der Waals surface area contributed by atoms with Gasteiger partial charge in [-0.3, -0.25) is 4.79 Å². The van der Waals surface area contributed by atoms with Crippen molar-refractivity contribution in [3.63, 3.8) is 0 Å². The Balaban J connectivity index is 2.10. The van der Waals surface area contributed by atoms with Crippen LogP contribution in [-0.4, -0.2) is 39.6 Å². The second-order valence-electron chi connectivity index (χ2n) is 4.13. The molecule has 1 aromatic rings. The Bertz CT molecular complexity index is 524. The summed E-state index contributed by atoms with van der Waals surface area (Å²) in [5.74, 6) is -2.45. The van der Waals surface area contributed by atoms with Gasteiger partial charge in [0.25, 0.3) is 0 Å². The van der Waals surface area contributed by atoms with Gasteiger partial charge in [0.2, 0.25) is 5.91 Å². The van der Waals surface area contributed by atoms with E-state index in [0.29, 0.717) is 11.8 Å². The monoisotopic (exact) mass is 287 g/mol. The van der Waals surface area contributed by atoms with Gasteiger partial charge in [0.05, 0.1) is 12.3 Å². The number of carboxylic acids is 1. The Hall–Kier alpha value is -1.63. The highest BCUT2D eigenvalue weighted by Crippen LogP contribution is 2.22. The minimum atomic E-state index is -1.07. The van der Waals surface area contributed by atoms with Crippen LogP contribution in [0.4, 0.5) is 8.78 Å². The number of hydrogen-bond donors (Lipinski definition) is 1. The quantitative estimate of drug-likeness (QED) is 0.915. The summed E-state index contributed by atoms with van der Waals surface area (Å²) in [6.45, 7) is 0. The molecule has 0 saturated carbocycles. The molecule has 4 nitrogen and oxygen atoms in total. The van der Waals surface area contributed by atoms with Gasteiger partial charge in [-0.1, -0.05) is 6.07 Å². The minimum absolute atomic E-state index is 0.0624. The third-order valence-electron chi connectivity index (χ3n) is 2.84. The fourth-order valence-corrected chi connectivity index (χ4v) is 2.99. The van der Waals surface area contributed by atoms with E-state index in [9.17, 15) is 18.4 Å². The summed E-state index contributed by atoms with van der Waals surface area (Å²) >= 11 is 1.33. The first-order chi connectivity index (χ1) is 8.99. The van der Waals surface area contributed by atoms with Crippen molar-refractivity contribution in [2.75, 3.05) is 11.6 Å². The van der Waals surface area contributed by atoms with Crippen LogP contribution >= 0.6 is 11.8 Å². The van der Waals surface area contributed by atoms with Crippen molar-refractivity contribution in [3.05, 3.63) is 35.4 Å². The number of benzene rings is 1. The van der Waals surface area contributed by atoms with E-state index in [1.165, 1.54) is 22.7 Å². The summed E-state index contributed by atoms with van der Waals surface area (Å²) in [4.78, 5) is 24.1. The topological polar surface area (TPSA) is 57.6 Å². The SMILES string of the molecule is O=C(O)C1CSCN1C(=O)Cc1ccc(F)cc1F. The van der Waals surface area contributed by atoms with Gasteiger partial charge in [0.15, 0.2) is 0 Å². The van der Waals surface area contributed by atoms with Crippen molar-refractivity contribution in [1.82, 2.24) is 4.90 Å². The van der Waals surface area contributed by atoms with E-state index in [4.69, 9.17) is 5.11 Å². The molecule has 1 aliphatic heterocycles. The van der Waals surface area contributed by atoms with Gasteiger partial charge in [0.1, 0.15) is 17.7 Å². The van der Waals surface area contributed by atoms with Crippen molar-refractivity contribution in [2.45, 2.75) is 12.5 Å². The largest absolute Gasteiger partial charge is 0.480 e. The van der Waals surface area contributed by atoms with Gasteiger partial charge >= 0.3 is 5.97 Å². The Morgan fingerprint density at radius 2 is 2.16 bits per heavy atom. The number of nitrogens with zero attached hydrogens (tertiary/aromatic N) is 1. The summed E-state index contributed by atoms with van der Waals surface area (Å²) in [5.41, 5.74) is 0.0624. The number of thioether (sulfide) groups is 1. The van der Waals surface area contributed by atoms with Crippen molar-refractivity contribution >= 4 is 23.6 Å². The number of carboxylic acid groups (broad SMARTS) is 1. The number of aliphatic carboxylic acids is 1. The molecule has 1 heterocycles. The molecule has 0 aliphatic carbocycles. The second-order valence-corrected chi connectivity index (χ2v) is 5.13. The van der Waals surface area contributed by atoms with Crippen molar-refractivity contribution < 1.29 is 23.5 Å². The summed E-state index contributed by atoms with van der Waals surface area (Å²) in [7, 11) is 0. The van der Waals surface area contributed by atoms with Crippen molar-refractivity contribution in [2.24, 2.45) is 0 Å². The predicted octanol–water partition coefficient (Wildman–Crippen LogP) is 1.49. The van der Waals surface area contributed by atoms with Crippen LogP contribution in [0.1, 0.15) is 5.56 Å². The zero-order valence-electron chi connectivity index (χ0n) is 9.81. The van der Waals surface area contributed by atoms with E-state index in [1.54, 1.807) is 0 Å². The maximum absolute atomic E-state index is 13.4. The number of carbonyl (C=O) groups is 2. The lowest BCUT2D eigenvalue weighted by Gasteiger charge is -2.20. The van der Waals surface area contributed by atoms with E-state index in [1.807, 2.05) is 0 Å². The van der Waals surface area contributed by atoms with E-state index in [-0.39, 0.29) is 17.9 Å². The van der Waals surface area contributed by atoms with Crippen LogP contribution in [0.25, 0.3) is 0 Å². The van der Waals surface area contributed by atoms with Crippen molar-refractivity contribution in [1.29, 1.82) is 0 Å². The highest BCUT2D eigenvalue weighted by molar-refractivity contribution is 7.99. The molecule has 2 rings (SSSR count). The number of carbonyl (C=O) groups excluding carboxylic acids is 1. The third kappa shape index (κ3) is 3.04. The first-order valence-corrected chi connectivity index (χ1v) is 6.68. The zero-order valence-corrected chi connectivity index (χ0v) is 10.6. The maximum Gasteiger partial charge on any atom is 0.327 e.